The third kappa shape index (κ3) is 31.7. The van der Waals surface area contributed by atoms with Crippen molar-refractivity contribution in [3.05, 3.63) is 24.3 Å². The van der Waals surface area contributed by atoms with E-state index in [2.05, 4.69) is 38.2 Å². The van der Waals surface area contributed by atoms with Crippen LogP contribution in [0.5, 0.6) is 0 Å². The Morgan fingerprint density at radius 3 is 1.02 bits per heavy atom. The van der Waals surface area contributed by atoms with Crippen LogP contribution in [0.25, 0.3) is 0 Å². The van der Waals surface area contributed by atoms with Crippen molar-refractivity contribution >= 4 is 6.09 Å². The smallest absolute Gasteiger partial charge is 0.409 e. The lowest BCUT2D eigenvalue weighted by atomic mass is 10.1. The van der Waals surface area contributed by atoms with E-state index in [1.807, 2.05) is 11.8 Å². The van der Waals surface area contributed by atoms with Crippen LogP contribution in [0.4, 0.5) is 4.79 Å². The Morgan fingerprint density at radius 2 is 0.714 bits per heavy atom. The lowest BCUT2D eigenvalue weighted by Crippen LogP contribution is -2.33. The molecule has 0 aliphatic carbocycles. The molecular formula is C39H75NO2. The van der Waals surface area contributed by atoms with Gasteiger partial charge in [-0.05, 0) is 71.1 Å². The Hall–Kier alpha value is -1.25. The van der Waals surface area contributed by atoms with Gasteiger partial charge in [0.25, 0.3) is 0 Å². The second-order valence-corrected chi connectivity index (χ2v) is 12.6. The van der Waals surface area contributed by atoms with Gasteiger partial charge in [0.1, 0.15) is 0 Å². The van der Waals surface area contributed by atoms with Crippen LogP contribution < -0.4 is 0 Å². The first-order chi connectivity index (χ1) is 20.8. The van der Waals surface area contributed by atoms with E-state index in [1.165, 1.54) is 167 Å². The highest BCUT2D eigenvalue weighted by atomic mass is 16.6. The second kappa shape index (κ2) is 35.9. The number of unbranched alkanes of at least 4 members (excludes halogenated alkanes) is 24. The summed E-state index contributed by atoms with van der Waals surface area (Å²) in [6.45, 7) is 8.64. The minimum atomic E-state index is -0.113. The SMILES string of the molecule is CCCCCCCC/C=C\CCCCCCCCN(CCCCCCCC/C=C\CCCCCCCC)C(=O)OCC. The first-order valence-electron chi connectivity index (χ1n) is 19.0. The quantitative estimate of drug-likeness (QED) is 0.0563. The number of amides is 1. The Bertz CT molecular complexity index is 543. The molecule has 0 fully saturated rings. The fourth-order valence-electron chi connectivity index (χ4n) is 5.61. The van der Waals surface area contributed by atoms with Crippen LogP contribution in [0.2, 0.25) is 0 Å². The zero-order chi connectivity index (χ0) is 30.6. The molecular weight excluding hydrogens is 514 g/mol. The molecule has 0 spiro atoms. The maximum atomic E-state index is 12.4. The van der Waals surface area contributed by atoms with Gasteiger partial charge in [-0.2, -0.15) is 0 Å². The summed E-state index contributed by atoms with van der Waals surface area (Å²) in [5.41, 5.74) is 0. The number of hydrogen-bond donors (Lipinski definition) is 0. The molecule has 0 aromatic heterocycles. The van der Waals surface area contributed by atoms with Crippen molar-refractivity contribution in [2.24, 2.45) is 0 Å². The standard InChI is InChI=1S/C39H75NO2/c1-4-7-9-11-13-15-17-19-21-23-25-27-29-31-33-35-37-40(39(41)42-6-3)38-36-34-32-30-28-26-24-22-20-18-16-14-12-10-8-5-2/h19-22H,4-18,23-38H2,1-3H3/b21-19-,22-20-. The van der Waals surface area contributed by atoms with Crippen molar-refractivity contribution < 1.29 is 9.53 Å². The summed E-state index contributed by atoms with van der Waals surface area (Å²) in [5, 5.41) is 0. The van der Waals surface area contributed by atoms with Gasteiger partial charge in [-0.25, -0.2) is 4.79 Å². The molecule has 3 heteroatoms. The molecule has 0 unspecified atom stereocenters. The van der Waals surface area contributed by atoms with Crippen molar-refractivity contribution in [2.45, 2.75) is 201 Å². The lowest BCUT2D eigenvalue weighted by Gasteiger charge is -2.22. The average Bonchev–Trinajstić information content (AvgIpc) is 2.99. The predicted octanol–water partition coefficient (Wildman–Crippen LogP) is 13.5. The Labute approximate surface area is 264 Å². The number of hydrogen-bond acceptors (Lipinski definition) is 2. The average molecular weight is 590 g/mol. The molecule has 248 valence electrons. The molecule has 0 aliphatic heterocycles. The van der Waals surface area contributed by atoms with Gasteiger partial charge in [0, 0.05) is 13.1 Å². The summed E-state index contributed by atoms with van der Waals surface area (Å²) in [6.07, 6.45) is 46.3. The molecule has 0 aromatic carbocycles. The molecule has 0 radical (unpaired) electrons. The first kappa shape index (κ1) is 40.8. The molecule has 0 aromatic rings. The summed E-state index contributed by atoms with van der Waals surface area (Å²) in [5.74, 6) is 0. The van der Waals surface area contributed by atoms with Gasteiger partial charge in [0.2, 0.25) is 0 Å². The number of ether oxygens (including phenoxy) is 1. The van der Waals surface area contributed by atoms with Crippen LogP contribution in [-0.4, -0.2) is 30.7 Å². The van der Waals surface area contributed by atoms with Crippen molar-refractivity contribution in [3.63, 3.8) is 0 Å². The van der Waals surface area contributed by atoms with Gasteiger partial charge in [-0.3, -0.25) is 0 Å². The predicted molar refractivity (Wildman–Crippen MR) is 187 cm³/mol. The van der Waals surface area contributed by atoms with Gasteiger partial charge in [0.15, 0.2) is 0 Å². The van der Waals surface area contributed by atoms with E-state index in [4.69, 9.17) is 4.74 Å². The normalized spacial score (nSPS) is 11.7. The monoisotopic (exact) mass is 590 g/mol. The molecule has 0 saturated heterocycles. The number of allylic oxidation sites excluding steroid dienone is 4. The highest BCUT2D eigenvalue weighted by Gasteiger charge is 2.13. The Morgan fingerprint density at radius 1 is 0.429 bits per heavy atom. The van der Waals surface area contributed by atoms with Crippen molar-refractivity contribution in [2.75, 3.05) is 19.7 Å². The van der Waals surface area contributed by atoms with E-state index >= 15 is 0 Å². The van der Waals surface area contributed by atoms with E-state index in [9.17, 15) is 4.79 Å². The van der Waals surface area contributed by atoms with Crippen molar-refractivity contribution in [1.82, 2.24) is 4.90 Å². The number of carbonyl (C=O) groups is 1. The van der Waals surface area contributed by atoms with Crippen LogP contribution in [-0.2, 0) is 4.74 Å². The van der Waals surface area contributed by atoms with E-state index in [0.29, 0.717) is 6.61 Å². The minimum absolute atomic E-state index is 0.113. The largest absolute Gasteiger partial charge is 0.450 e. The molecule has 0 N–H and O–H groups in total. The molecule has 42 heavy (non-hydrogen) atoms. The summed E-state index contributed by atoms with van der Waals surface area (Å²) in [6, 6.07) is 0. The van der Waals surface area contributed by atoms with Crippen molar-refractivity contribution in [1.29, 1.82) is 0 Å². The number of rotatable bonds is 33. The van der Waals surface area contributed by atoms with Gasteiger partial charge in [-0.1, -0.05) is 154 Å². The Kier molecular flexibility index (Phi) is 34.9. The molecule has 0 heterocycles. The molecule has 0 saturated carbocycles. The van der Waals surface area contributed by atoms with Crippen LogP contribution >= 0.6 is 0 Å². The molecule has 0 aliphatic rings. The number of carbonyl (C=O) groups excluding carboxylic acids is 1. The topological polar surface area (TPSA) is 29.5 Å². The Balaban J connectivity index is 3.67. The van der Waals surface area contributed by atoms with E-state index in [0.717, 1.165) is 25.9 Å². The molecule has 0 bridgehead atoms. The van der Waals surface area contributed by atoms with Gasteiger partial charge >= 0.3 is 6.09 Å². The zero-order valence-electron chi connectivity index (χ0n) is 29.0. The summed E-state index contributed by atoms with van der Waals surface area (Å²) in [7, 11) is 0. The maximum Gasteiger partial charge on any atom is 0.409 e. The van der Waals surface area contributed by atoms with Gasteiger partial charge in [0.05, 0.1) is 6.61 Å². The third-order valence-corrected chi connectivity index (χ3v) is 8.41. The molecule has 3 nitrogen and oxygen atoms in total. The number of nitrogens with zero attached hydrogens (tertiary/aromatic N) is 1. The van der Waals surface area contributed by atoms with Gasteiger partial charge < -0.3 is 9.64 Å². The fourth-order valence-corrected chi connectivity index (χ4v) is 5.61. The molecule has 1 amide bonds. The summed E-state index contributed by atoms with van der Waals surface area (Å²) < 4.78 is 5.34. The third-order valence-electron chi connectivity index (χ3n) is 8.41. The van der Waals surface area contributed by atoms with Crippen molar-refractivity contribution in [3.8, 4) is 0 Å². The van der Waals surface area contributed by atoms with Crippen LogP contribution in [0, 0.1) is 0 Å². The molecule has 0 rings (SSSR count). The fraction of sp³-hybridized carbons (Fsp3) is 0.872. The van der Waals surface area contributed by atoms with E-state index < -0.39 is 0 Å². The second-order valence-electron chi connectivity index (χ2n) is 12.6. The van der Waals surface area contributed by atoms with E-state index in [-0.39, 0.29) is 6.09 Å². The first-order valence-corrected chi connectivity index (χ1v) is 19.0. The maximum absolute atomic E-state index is 12.4. The highest BCUT2D eigenvalue weighted by Crippen LogP contribution is 2.13. The highest BCUT2D eigenvalue weighted by molar-refractivity contribution is 5.67. The summed E-state index contributed by atoms with van der Waals surface area (Å²) in [4.78, 5) is 14.4. The van der Waals surface area contributed by atoms with Crippen LogP contribution in [0.15, 0.2) is 24.3 Å². The van der Waals surface area contributed by atoms with E-state index in [1.54, 1.807) is 0 Å². The van der Waals surface area contributed by atoms with Crippen LogP contribution in [0.1, 0.15) is 201 Å². The zero-order valence-corrected chi connectivity index (χ0v) is 29.0. The van der Waals surface area contributed by atoms with Gasteiger partial charge in [-0.15, -0.1) is 0 Å². The summed E-state index contributed by atoms with van der Waals surface area (Å²) >= 11 is 0. The molecule has 0 atom stereocenters. The van der Waals surface area contributed by atoms with Crippen LogP contribution in [0.3, 0.4) is 0 Å². The lowest BCUT2D eigenvalue weighted by molar-refractivity contribution is 0.105. The minimum Gasteiger partial charge on any atom is -0.450 e.